The van der Waals surface area contributed by atoms with Crippen LogP contribution in [0.2, 0.25) is 0 Å². The minimum atomic E-state index is -0.766. The number of amides is 1. The van der Waals surface area contributed by atoms with Crippen molar-refractivity contribution in [3.63, 3.8) is 0 Å². The summed E-state index contributed by atoms with van der Waals surface area (Å²) in [6, 6.07) is -0.766. The highest BCUT2D eigenvalue weighted by atomic mass is 16.5. The molecule has 0 unspecified atom stereocenters. The van der Waals surface area contributed by atoms with Crippen LogP contribution in [0.1, 0.15) is 26.2 Å². The minimum absolute atomic E-state index is 0.0245. The molecule has 0 aliphatic heterocycles. The Balaban J connectivity index is 4.30. The Labute approximate surface area is 106 Å². The van der Waals surface area contributed by atoms with Crippen LogP contribution >= 0.6 is 0 Å². The molecule has 18 heavy (non-hydrogen) atoms. The minimum Gasteiger partial charge on any atom is -0.469 e. The van der Waals surface area contributed by atoms with Crippen LogP contribution in [-0.2, 0) is 23.9 Å². The Hall–Kier alpha value is -1.85. The molecule has 0 fully saturated rings. The number of carbonyl (C=O) groups is 3. The lowest BCUT2D eigenvalue weighted by molar-refractivity contribution is -0.145. The molecule has 1 atom stereocenters. The number of hydrogen-bond donors (Lipinski definition) is 1. The molecule has 0 heterocycles. The average Bonchev–Trinajstić information content (AvgIpc) is 2.33. The zero-order valence-corrected chi connectivity index (χ0v) is 10.9. The maximum absolute atomic E-state index is 11.5. The maximum Gasteiger partial charge on any atom is 0.328 e. The summed E-state index contributed by atoms with van der Waals surface area (Å²) in [5.41, 5.74) is 0.749. The summed E-state index contributed by atoms with van der Waals surface area (Å²) in [7, 11) is 2.49. The number of rotatable bonds is 7. The van der Waals surface area contributed by atoms with E-state index in [4.69, 9.17) is 0 Å². The lowest BCUT2D eigenvalue weighted by atomic mass is 10.1. The molecular weight excluding hydrogens is 238 g/mol. The molecule has 0 aromatic rings. The van der Waals surface area contributed by atoms with Crippen molar-refractivity contribution in [1.82, 2.24) is 5.32 Å². The van der Waals surface area contributed by atoms with Gasteiger partial charge in [0.05, 0.1) is 20.6 Å². The lowest BCUT2D eigenvalue weighted by Gasteiger charge is -2.16. The highest BCUT2D eigenvalue weighted by molar-refractivity contribution is 5.86. The van der Waals surface area contributed by atoms with Gasteiger partial charge in [0.2, 0.25) is 5.91 Å². The molecule has 6 nitrogen and oxygen atoms in total. The van der Waals surface area contributed by atoms with E-state index in [9.17, 15) is 14.4 Å². The molecular formula is C12H19NO5. The molecule has 0 bridgehead atoms. The van der Waals surface area contributed by atoms with E-state index >= 15 is 0 Å². The van der Waals surface area contributed by atoms with Crippen molar-refractivity contribution in [2.45, 2.75) is 32.2 Å². The fourth-order valence-corrected chi connectivity index (χ4v) is 1.27. The number of hydrogen-bond acceptors (Lipinski definition) is 5. The van der Waals surface area contributed by atoms with Crippen LogP contribution in [-0.4, -0.2) is 38.1 Å². The van der Waals surface area contributed by atoms with Crippen LogP contribution in [0.15, 0.2) is 12.2 Å². The van der Waals surface area contributed by atoms with E-state index in [1.54, 1.807) is 6.92 Å². The van der Waals surface area contributed by atoms with Gasteiger partial charge in [-0.15, -0.1) is 6.58 Å². The third kappa shape index (κ3) is 6.67. The largest absolute Gasteiger partial charge is 0.469 e. The Morgan fingerprint density at radius 2 is 1.78 bits per heavy atom. The van der Waals surface area contributed by atoms with Gasteiger partial charge in [0.25, 0.3) is 0 Å². The van der Waals surface area contributed by atoms with E-state index < -0.39 is 23.9 Å². The van der Waals surface area contributed by atoms with Crippen molar-refractivity contribution in [3.8, 4) is 0 Å². The first-order valence-corrected chi connectivity index (χ1v) is 5.49. The predicted octanol–water partition coefficient (Wildman–Crippen LogP) is 0.564. The first-order valence-electron chi connectivity index (χ1n) is 5.49. The van der Waals surface area contributed by atoms with Crippen molar-refractivity contribution in [2.24, 2.45) is 0 Å². The van der Waals surface area contributed by atoms with Gasteiger partial charge in [0.1, 0.15) is 6.04 Å². The van der Waals surface area contributed by atoms with Crippen molar-refractivity contribution in [1.29, 1.82) is 0 Å². The molecule has 0 aromatic carbocycles. The van der Waals surface area contributed by atoms with Crippen LogP contribution in [0.25, 0.3) is 0 Å². The van der Waals surface area contributed by atoms with Gasteiger partial charge in [0, 0.05) is 6.42 Å². The first-order chi connectivity index (χ1) is 8.40. The fraction of sp³-hybridized carbons (Fsp3) is 0.583. The van der Waals surface area contributed by atoms with E-state index in [1.165, 1.54) is 14.2 Å². The Kier molecular flexibility index (Phi) is 7.42. The van der Waals surface area contributed by atoms with Crippen molar-refractivity contribution in [3.05, 3.63) is 12.2 Å². The summed E-state index contributed by atoms with van der Waals surface area (Å²) in [6.07, 6.45) is 0.246. The summed E-state index contributed by atoms with van der Waals surface area (Å²) in [6.45, 7) is 5.42. The van der Waals surface area contributed by atoms with E-state index in [0.717, 1.165) is 5.57 Å². The normalized spacial score (nSPS) is 11.3. The molecule has 1 N–H and O–H groups in total. The molecule has 0 radical (unpaired) electrons. The summed E-state index contributed by atoms with van der Waals surface area (Å²) in [5, 5.41) is 2.50. The third-order valence-corrected chi connectivity index (χ3v) is 2.16. The van der Waals surface area contributed by atoms with Gasteiger partial charge in [-0.2, -0.15) is 0 Å². The number of carbonyl (C=O) groups excluding carboxylic acids is 3. The summed E-state index contributed by atoms with van der Waals surface area (Å²) in [4.78, 5) is 33.8. The molecule has 102 valence electrons. The fourth-order valence-electron chi connectivity index (χ4n) is 1.27. The van der Waals surface area contributed by atoms with Crippen molar-refractivity contribution < 1.29 is 23.9 Å². The van der Waals surface area contributed by atoms with Crippen LogP contribution in [0, 0.1) is 0 Å². The van der Waals surface area contributed by atoms with Crippen LogP contribution < -0.4 is 5.32 Å². The number of ether oxygens (including phenoxy) is 2. The quantitative estimate of drug-likeness (QED) is 0.532. The average molecular weight is 257 g/mol. The zero-order chi connectivity index (χ0) is 14.1. The lowest BCUT2D eigenvalue weighted by Crippen LogP contribution is -2.41. The van der Waals surface area contributed by atoms with E-state index in [2.05, 4.69) is 21.4 Å². The van der Waals surface area contributed by atoms with Gasteiger partial charge in [-0.3, -0.25) is 9.59 Å². The highest BCUT2D eigenvalue weighted by Gasteiger charge is 2.21. The first kappa shape index (κ1) is 16.1. The predicted molar refractivity (Wildman–Crippen MR) is 64.6 cm³/mol. The van der Waals surface area contributed by atoms with Crippen LogP contribution in [0.5, 0.6) is 0 Å². The van der Waals surface area contributed by atoms with Crippen molar-refractivity contribution >= 4 is 17.8 Å². The van der Waals surface area contributed by atoms with Crippen molar-refractivity contribution in [2.75, 3.05) is 14.2 Å². The molecule has 1 amide bonds. The summed E-state index contributed by atoms with van der Waals surface area (Å²) < 4.78 is 8.99. The molecule has 6 heteroatoms. The monoisotopic (exact) mass is 257 g/mol. The molecule has 0 aromatic heterocycles. The highest BCUT2D eigenvalue weighted by Crippen LogP contribution is 2.04. The number of esters is 2. The Bertz CT molecular complexity index is 337. The standard InChI is InChI=1S/C12H19NO5/c1-8(2)7-9(12(16)18-4)13-10(14)5-6-11(15)17-3/h9H,1,5-7H2,2-4H3,(H,13,14)/t9-/m0/s1. The second kappa shape index (κ2) is 8.27. The molecule has 0 aliphatic carbocycles. The van der Waals surface area contributed by atoms with Gasteiger partial charge < -0.3 is 14.8 Å². The summed E-state index contributed by atoms with van der Waals surface area (Å²) in [5.74, 6) is -1.42. The maximum atomic E-state index is 11.5. The number of nitrogens with one attached hydrogen (secondary N) is 1. The smallest absolute Gasteiger partial charge is 0.328 e. The van der Waals surface area contributed by atoms with E-state index in [0.29, 0.717) is 6.42 Å². The van der Waals surface area contributed by atoms with Crippen LogP contribution in [0.3, 0.4) is 0 Å². The van der Waals surface area contributed by atoms with Gasteiger partial charge in [-0.05, 0) is 13.3 Å². The van der Waals surface area contributed by atoms with Gasteiger partial charge in [0.15, 0.2) is 0 Å². The molecule has 0 spiro atoms. The second-order valence-electron chi connectivity index (χ2n) is 3.88. The van der Waals surface area contributed by atoms with Crippen LogP contribution in [0.4, 0.5) is 0 Å². The van der Waals surface area contributed by atoms with Gasteiger partial charge in [-0.25, -0.2) is 4.79 Å². The number of methoxy groups -OCH3 is 2. The third-order valence-electron chi connectivity index (χ3n) is 2.16. The topological polar surface area (TPSA) is 81.7 Å². The molecule has 0 aliphatic rings. The zero-order valence-electron chi connectivity index (χ0n) is 10.9. The molecule has 0 rings (SSSR count). The SMILES string of the molecule is C=C(C)C[C@H](NC(=O)CCC(=O)OC)C(=O)OC. The van der Waals surface area contributed by atoms with Gasteiger partial charge in [-0.1, -0.05) is 5.57 Å². The van der Waals surface area contributed by atoms with E-state index in [-0.39, 0.29) is 12.8 Å². The van der Waals surface area contributed by atoms with E-state index in [1.807, 2.05) is 0 Å². The Morgan fingerprint density at radius 1 is 1.17 bits per heavy atom. The Morgan fingerprint density at radius 3 is 2.22 bits per heavy atom. The second-order valence-corrected chi connectivity index (χ2v) is 3.88. The summed E-state index contributed by atoms with van der Waals surface area (Å²) >= 11 is 0. The molecule has 0 saturated heterocycles. The van der Waals surface area contributed by atoms with Gasteiger partial charge >= 0.3 is 11.9 Å². The molecule has 0 saturated carbocycles.